The number of fused-ring (bicyclic) bond motifs is 3. The first-order valence-corrected chi connectivity index (χ1v) is 10.6. The zero-order chi connectivity index (χ0) is 21.4. The first kappa shape index (κ1) is 19.6. The number of carbonyl (C=O) groups is 1. The number of hydrogen-bond acceptors (Lipinski definition) is 3. The Hall–Kier alpha value is -3.32. The molecule has 0 saturated carbocycles. The molecule has 0 bridgehead atoms. The van der Waals surface area contributed by atoms with Gasteiger partial charge in [0.05, 0.1) is 16.6 Å². The van der Waals surface area contributed by atoms with Gasteiger partial charge in [-0.25, -0.2) is 14.2 Å². The number of rotatable bonds is 2. The summed E-state index contributed by atoms with van der Waals surface area (Å²) in [6, 6.07) is 15.6. The molecule has 2 amide bonds. The van der Waals surface area contributed by atoms with Gasteiger partial charge in [0.1, 0.15) is 5.82 Å². The Kier molecular flexibility index (Phi) is 5.11. The molecule has 1 fully saturated rings. The van der Waals surface area contributed by atoms with Gasteiger partial charge in [-0.3, -0.25) is 0 Å². The van der Waals surface area contributed by atoms with E-state index >= 15 is 0 Å². The lowest BCUT2D eigenvalue weighted by atomic mass is 10.2. The lowest BCUT2D eigenvalue weighted by Gasteiger charge is -2.24. The van der Waals surface area contributed by atoms with Crippen molar-refractivity contribution in [3.63, 3.8) is 0 Å². The summed E-state index contributed by atoms with van der Waals surface area (Å²) in [6.07, 6.45) is 2.77. The number of halogens is 2. The number of amides is 2. The molecule has 3 heterocycles. The van der Waals surface area contributed by atoms with Crippen molar-refractivity contribution in [2.75, 3.05) is 36.4 Å². The predicted molar refractivity (Wildman–Crippen MR) is 122 cm³/mol. The number of anilines is 2. The SMILES string of the molecule is O=C(Nc1ccc(Cl)cc1)N1CCCN(c2nc3cc(F)ccc3n3cccc23)CC1. The van der Waals surface area contributed by atoms with Crippen LogP contribution in [0.25, 0.3) is 16.6 Å². The van der Waals surface area contributed by atoms with Crippen LogP contribution in [-0.4, -0.2) is 46.5 Å². The Morgan fingerprint density at radius 3 is 2.68 bits per heavy atom. The highest BCUT2D eigenvalue weighted by atomic mass is 35.5. The number of nitrogens with one attached hydrogen (secondary N) is 1. The molecule has 4 aromatic rings. The third kappa shape index (κ3) is 3.88. The van der Waals surface area contributed by atoms with E-state index in [-0.39, 0.29) is 11.8 Å². The van der Waals surface area contributed by atoms with E-state index in [1.165, 1.54) is 12.1 Å². The van der Waals surface area contributed by atoms with E-state index in [0.717, 1.165) is 29.8 Å². The van der Waals surface area contributed by atoms with E-state index in [1.54, 1.807) is 30.3 Å². The second-order valence-electron chi connectivity index (χ2n) is 7.60. The van der Waals surface area contributed by atoms with Crippen LogP contribution >= 0.6 is 11.6 Å². The first-order chi connectivity index (χ1) is 15.1. The van der Waals surface area contributed by atoms with Crippen molar-refractivity contribution in [1.82, 2.24) is 14.3 Å². The Morgan fingerprint density at radius 2 is 1.84 bits per heavy atom. The highest BCUT2D eigenvalue weighted by molar-refractivity contribution is 6.30. The van der Waals surface area contributed by atoms with Gasteiger partial charge in [-0.15, -0.1) is 0 Å². The van der Waals surface area contributed by atoms with Crippen LogP contribution in [0.3, 0.4) is 0 Å². The zero-order valence-corrected chi connectivity index (χ0v) is 17.5. The maximum atomic E-state index is 13.8. The molecule has 1 N–H and O–H groups in total. The molecule has 1 saturated heterocycles. The van der Waals surface area contributed by atoms with Gasteiger partial charge in [-0.1, -0.05) is 11.6 Å². The second kappa shape index (κ2) is 8.07. The van der Waals surface area contributed by atoms with Gasteiger partial charge in [0.25, 0.3) is 0 Å². The molecular formula is C23H21ClFN5O. The van der Waals surface area contributed by atoms with Gasteiger partial charge < -0.3 is 19.5 Å². The monoisotopic (exact) mass is 437 g/mol. The molecule has 2 aromatic heterocycles. The summed E-state index contributed by atoms with van der Waals surface area (Å²) < 4.78 is 15.9. The summed E-state index contributed by atoms with van der Waals surface area (Å²) in [5.41, 5.74) is 3.16. The highest BCUT2D eigenvalue weighted by Crippen LogP contribution is 2.27. The van der Waals surface area contributed by atoms with Crippen molar-refractivity contribution in [2.24, 2.45) is 0 Å². The lowest BCUT2D eigenvalue weighted by molar-refractivity contribution is 0.215. The number of benzene rings is 2. The molecule has 0 aliphatic carbocycles. The minimum absolute atomic E-state index is 0.134. The molecule has 1 aliphatic heterocycles. The van der Waals surface area contributed by atoms with Crippen molar-refractivity contribution in [2.45, 2.75) is 6.42 Å². The summed E-state index contributed by atoms with van der Waals surface area (Å²) in [7, 11) is 0. The fraction of sp³-hybridized carbons (Fsp3) is 0.217. The minimum atomic E-state index is -0.307. The van der Waals surface area contributed by atoms with Crippen LogP contribution in [0.15, 0.2) is 60.8 Å². The van der Waals surface area contributed by atoms with Gasteiger partial charge in [-0.2, -0.15) is 0 Å². The molecule has 6 nitrogen and oxygen atoms in total. The third-order valence-electron chi connectivity index (χ3n) is 5.58. The second-order valence-corrected chi connectivity index (χ2v) is 8.03. The topological polar surface area (TPSA) is 52.9 Å². The molecule has 0 atom stereocenters. The Morgan fingerprint density at radius 1 is 1.00 bits per heavy atom. The Bertz CT molecular complexity index is 1260. The van der Waals surface area contributed by atoms with E-state index in [1.807, 2.05) is 27.6 Å². The summed E-state index contributed by atoms with van der Waals surface area (Å²) in [5, 5.41) is 3.55. The highest BCUT2D eigenvalue weighted by Gasteiger charge is 2.22. The van der Waals surface area contributed by atoms with Crippen LogP contribution in [0, 0.1) is 5.82 Å². The van der Waals surface area contributed by atoms with E-state index in [4.69, 9.17) is 16.6 Å². The smallest absolute Gasteiger partial charge is 0.321 e. The fourth-order valence-corrected chi connectivity index (χ4v) is 4.16. The first-order valence-electron chi connectivity index (χ1n) is 10.2. The number of hydrogen-bond donors (Lipinski definition) is 1. The van der Waals surface area contributed by atoms with E-state index in [2.05, 4.69) is 10.2 Å². The maximum Gasteiger partial charge on any atom is 0.321 e. The standard InChI is InChI=1S/C23H21ClFN5O/c24-16-4-7-18(8-5-16)26-23(31)29-11-2-10-28(13-14-29)22-21-3-1-12-30(21)20-9-6-17(25)15-19(20)27-22/h1,3-9,12,15H,2,10-11,13-14H2,(H,26,31). The third-order valence-corrected chi connectivity index (χ3v) is 5.83. The maximum absolute atomic E-state index is 13.8. The molecule has 158 valence electrons. The summed E-state index contributed by atoms with van der Waals surface area (Å²) in [4.78, 5) is 21.5. The molecule has 0 unspecified atom stereocenters. The number of urea groups is 1. The summed E-state index contributed by atoms with van der Waals surface area (Å²) >= 11 is 5.91. The van der Waals surface area contributed by atoms with Crippen molar-refractivity contribution >= 4 is 45.7 Å². The van der Waals surface area contributed by atoms with Crippen LogP contribution in [0.4, 0.5) is 20.7 Å². The van der Waals surface area contributed by atoms with Crippen LogP contribution in [0.2, 0.25) is 5.02 Å². The molecule has 0 spiro atoms. The van der Waals surface area contributed by atoms with Crippen LogP contribution in [-0.2, 0) is 0 Å². The molecule has 5 rings (SSSR count). The molecule has 31 heavy (non-hydrogen) atoms. The van der Waals surface area contributed by atoms with Gasteiger partial charge in [0, 0.05) is 49.2 Å². The van der Waals surface area contributed by atoms with E-state index in [9.17, 15) is 9.18 Å². The molecule has 8 heteroatoms. The van der Waals surface area contributed by atoms with Crippen molar-refractivity contribution < 1.29 is 9.18 Å². The number of carbonyl (C=O) groups excluding carboxylic acids is 1. The summed E-state index contributed by atoms with van der Waals surface area (Å²) in [6.45, 7) is 2.62. The quantitative estimate of drug-likeness (QED) is 0.479. The van der Waals surface area contributed by atoms with Gasteiger partial charge in [0.15, 0.2) is 5.82 Å². The molecule has 0 radical (unpaired) electrons. The van der Waals surface area contributed by atoms with Crippen LogP contribution in [0.1, 0.15) is 6.42 Å². The van der Waals surface area contributed by atoms with Crippen LogP contribution in [0.5, 0.6) is 0 Å². The molecule has 1 aliphatic rings. The molecular weight excluding hydrogens is 417 g/mol. The van der Waals surface area contributed by atoms with E-state index in [0.29, 0.717) is 35.9 Å². The Balaban J connectivity index is 1.37. The number of aromatic nitrogens is 2. The van der Waals surface area contributed by atoms with Crippen LogP contribution < -0.4 is 10.2 Å². The molecule has 2 aromatic carbocycles. The number of nitrogens with zero attached hydrogens (tertiary/aromatic N) is 4. The normalized spacial score (nSPS) is 14.8. The largest absolute Gasteiger partial charge is 0.353 e. The van der Waals surface area contributed by atoms with Gasteiger partial charge in [0.2, 0.25) is 0 Å². The average Bonchev–Trinajstić information content (AvgIpc) is 3.12. The van der Waals surface area contributed by atoms with Gasteiger partial charge >= 0.3 is 6.03 Å². The van der Waals surface area contributed by atoms with Gasteiger partial charge in [-0.05, 0) is 55.0 Å². The zero-order valence-electron chi connectivity index (χ0n) is 16.8. The van der Waals surface area contributed by atoms with Crippen molar-refractivity contribution in [3.8, 4) is 0 Å². The van der Waals surface area contributed by atoms with Crippen molar-refractivity contribution in [3.05, 3.63) is 71.6 Å². The Labute approximate surface area is 183 Å². The fourth-order valence-electron chi connectivity index (χ4n) is 4.04. The predicted octanol–water partition coefficient (Wildman–Crippen LogP) is 5.02. The minimum Gasteiger partial charge on any atom is -0.353 e. The van der Waals surface area contributed by atoms with Crippen molar-refractivity contribution in [1.29, 1.82) is 0 Å². The average molecular weight is 438 g/mol. The van der Waals surface area contributed by atoms with E-state index < -0.39 is 0 Å². The lowest BCUT2D eigenvalue weighted by Crippen LogP contribution is -2.38. The summed E-state index contributed by atoms with van der Waals surface area (Å²) in [5.74, 6) is 0.501.